The van der Waals surface area contributed by atoms with Crippen LogP contribution in [0.1, 0.15) is 91.0 Å². The molecule has 7 heteroatoms. The Hall–Kier alpha value is -3.35. The summed E-state index contributed by atoms with van der Waals surface area (Å²) in [6, 6.07) is 12.5. The fourth-order valence-corrected chi connectivity index (χ4v) is 4.39. The van der Waals surface area contributed by atoms with E-state index in [1.807, 2.05) is 25.1 Å². The summed E-state index contributed by atoms with van der Waals surface area (Å²) in [6.07, 6.45) is 9.30. The van der Waals surface area contributed by atoms with Crippen molar-refractivity contribution in [2.45, 2.75) is 71.3 Å². The fraction of sp³-hybridized carbons (Fsp3) is 0.483. The van der Waals surface area contributed by atoms with Crippen molar-refractivity contribution in [2.24, 2.45) is 0 Å². The van der Waals surface area contributed by atoms with Gasteiger partial charge in [-0.15, -0.1) is 0 Å². The zero-order valence-electron chi connectivity index (χ0n) is 21.4. The van der Waals surface area contributed by atoms with Crippen LogP contribution in [0.5, 0.6) is 5.75 Å². The van der Waals surface area contributed by atoms with E-state index in [1.165, 1.54) is 26.4 Å². The van der Waals surface area contributed by atoms with Gasteiger partial charge in [0.25, 0.3) is 5.91 Å². The van der Waals surface area contributed by atoms with Crippen LogP contribution >= 0.6 is 0 Å². The summed E-state index contributed by atoms with van der Waals surface area (Å²) in [5.74, 6) is 0.201. The molecule has 7 nitrogen and oxygen atoms in total. The number of nitrogens with zero attached hydrogens (tertiary/aromatic N) is 1. The molecule has 1 heterocycles. The van der Waals surface area contributed by atoms with Crippen LogP contribution in [0.2, 0.25) is 0 Å². The Balaban J connectivity index is 1.37. The summed E-state index contributed by atoms with van der Waals surface area (Å²) < 4.78 is 15.7. The molecule has 0 spiro atoms. The van der Waals surface area contributed by atoms with E-state index >= 15 is 0 Å². The molecule has 0 N–H and O–H groups in total. The third-order valence-electron chi connectivity index (χ3n) is 6.36. The normalized spacial score (nSPS) is 12.4. The molecule has 0 aliphatic carbocycles. The van der Waals surface area contributed by atoms with E-state index in [2.05, 4.69) is 0 Å². The van der Waals surface area contributed by atoms with Gasteiger partial charge < -0.3 is 19.1 Å². The molecule has 0 saturated heterocycles. The molecule has 0 radical (unpaired) electrons. The lowest BCUT2D eigenvalue weighted by molar-refractivity contribution is -0.143. The fourth-order valence-electron chi connectivity index (χ4n) is 4.39. The molecule has 2 aromatic carbocycles. The van der Waals surface area contributed by atoms with Crippen molar-refractivity contribution < 1.29 is 28.6 Å². The molecule has 36 heavy (non-hydrogen) atoms. The van der Waals surface area contributed by atoms with Gasteiger partial charge in [-0.05, 0) is 56.2 Å². The van der Waals surface area contributed by atoms with Crippen molar-refractivity contribution in [3.05, 3.63) is 59.2 Å². The molecule has 0 fully saturated rings. The lowest BCUT2D eigenvalue weighted by Crippen LogP contribution is -2.23. The lowest BCUT2D eigenvalue weighted by Gasteiger charge is -2.16. The topological polar surface area (TPSA) is 82.1 Å². The molecule has 0 bridgehead atoms. The molecular weight excluding hydrogens is 458 g/mol. The largest absolute Gasteiger partial charge is 0.493 e. The molecule has 194 valence electrons. The molecule has 1 amide bonds. The molecule has 1 aliphatic rings. The number of benzene rings is 2. The minimum atomic E-state index is -0.403. The summed E-state index contributed by atoms with van der Waals surface area (Å²) in [4.78, 5) is 37.7. The number of unbranched alkanes of at least 4 members (excludes halogenated alkanes) is 7. The van der Waals surface area contributed by atoms with Crippen molar-refractivity contribution in [2.75, 3.05) is 25.2 Å². The zero-order valence-corrected chi connectivity index (χ0v) is 21.4. The Bertz CT molecular complexity index is 1020. The van der Waals surface area contributed by atoms with E-state index in [0.29, 0.717) is 37.3 Å². The van der Waals surface area contributed by atoms with Gasteiger partial charge in [0.15, 0.2) is 0 Å². The first kappa shape index (κ1) is 27.2. The highest BCUT2D eigenvalue weighted by atomic mass is 16.5. The van der Waals surface area contributed by atoms with Gasteiger partial charge in [-0.3, -0.25) is 9.59 Å². The Morgan fingerprint density at radius 1 is 0.889 bits per heavy atom. The van der Waals surface area contributed by atoms with Crippen LogP contribution < -0.4 is 9.64 Å². The van der Waals surface area contributed by atoms with E-state index in [4.69, 9.17) is 14.2 Å². The molecule has 1 aliphatic heterocycles. The second-order valence-corrected chi connectivity index (χ2v) is 8.94. The highest BCUT2D eigenvalue weighted by Gasteiger charge is 2.31. The lowest BCUT2D eigenvalue weighted by atomic mass is 10.1. The van der Waals surface area contributed by atoms with Crippen molar-refractivity contribution in [3.8, 4) is 5.75 Å². The number of hydrogen-bond acceptors (Lipinski definition) is 6. The van der Waals surface area contributed by atoms with Crippen molar-refractivity contribution in [3.63, 3.8) is 0 Å². The van der Waals surface area contributed by atoms with E-state index in [1.54, 1.807) is 29.2 Å². The van der Waals surface area contributed by atoms with Crippen LogP contribution in [0.4, 0.5) is 5.69 Å². The van der Waals surface area contributed by atoms with Crippen LogP contribution in [-0.2, 0) is 20.8 Å². The third-order valence-corrected chi connectivity index (χ3v) is 6.36. The molecular formula is C29H37NO6. The molecule has 0 saturated carbocycles. The number of anilines is 1. The highest BCUT2D eigenvalue weighted by Crippen LogP contribution is 2.34. The Labute approximate surface area is 213 Å². The van der Waals surface area contributed by atoms with Crippen LogP contribution in [0.25, 0.3) is 0 Å². The Morgan fingerprint density at radius 2 is 1.56 bits per heavy atom. The van der Waals surface area contributed by atoms with E-state index in [0.717, 1.165) is 49.1 Å². The standard InChI is InChI=1S/C29H37NO6/c1-3-35-27(31)15-10-8-6-4-5-7-9-11-20-36-26-14-12-13-24-25(26)21-30(28(24)32)23-18-16-22(17-19-23)29(33)34-2/h12-14,16-19H,3-11,15,20-21H2,1-2H3. The van der Waals surface area contributed by atoms with Crippen molar-refractivity contribution >= 4 is 23.5 Å². The van der Waals surface area contributed by atoms with Crippen LogP contribution in [0.15, 0.2) is 42.5 Å². The molecule has 0 atom stereocenters. The molecule has 2 aromatic rings. The molecule has 0 unspecified atom stereocenters. The van der Waals surface area contributed by atoms with Gasteiger partial charge in [0, 0.05) is 23.2 Å². The second-order valence-electron chi connectivity index (χ2n) is 8.94. The maximum absolute atomic E-state index is 13.0. The monoisotopic (exact) mass is 495 g/mol. The number of rotatable bonds is 15. The first-order valence-electron chi connectivity index (χ1n) is 13.0. The average Bonchev–Trinajstić information content (AvgIpc) is 3.24. The first-order valence-corrected chi connectivity index (χ1v) is 13.0. The van der Waals surface area contributed by atoms with Gasteiger partial charge >= 0.3 is 11.9 Å². The Kier molecular flexibility index (Phi) is 10.8. The smallest absolute Gasteiger partial charge is 0.337 e. The zero-order chi connectivity index (χ0) is 25.8. The second kappa shape index (κ2) is 14.3. The van der Waals surface area contributed by atoms with E-state index in [-0.39, 0.29) is 11.9 Å². The number of carbonyl (C=O) groups is 3. The maximum Gasteiger partial charge on any atom is 0.337 e. The summed E-state index contributed by atoms with van der Waals surface area (Å²) in [5, 5.41) is 0. The van der Waals surface area contributed by atoms with Gasteiger partial charge in [-0.25, -0.2) is 4.79 Å². The first-order chi connectivity index (χ1) is 17.5. The quantitative estimate of drug-likeness (QED) is 0.220. The van der Waals surface area contributed by atoms with Gasteiger partial charge in [-0.1, -0.05) is 44.6 Å². The summed E-state index contributed by atoms with van der Waals surface area (Å²) in [6.45, 7) is 3.36. The van der Waals surface area contributed by atoms with Gasteiger partial charge in [0.05, 0.1) is 32.4 Å². The number of amides is 1. The predicted octanol–water partition coefficient (Wildman–Crippen LogP) is 6.09. The minimum Gasteiger partial charge on any atom is -0.493 e. The van der Waals surface area contributed by atoms with E-state index in [9.17, 15) is 14.4 Å². The number of esters is 2. The number of fused-ring (bicyclic) bond motifs is 1. The predicted molar refractivity (Wildman–Crippen MR) is 138 cm³/mol. The minimum absolute atomic E-state index is 0.0662. The number of ether oxygens (including phenoxy) is 3. The molecule has 0 aromatic heterocycles. The van der Waals surface area contributed by atoms with Crippen LogP contribution in [0, 0.1) is 0 Å². The Morgan fingerprint density at radius 3 is 2.22 bits per heavy atom. The summed E-state index contributed by atoms with van der Waals surface area (Å²) in [5.41, 5.74) is 2.74. The van der Waals surface area contributed by atoms with Gasteiger partial charge in [-0.2, -0.15) is 0 Å². The summed E-state index contributed by atoms with van der Waals surface area (Å²) >= 11 is 0. The highest BCUT2D eigenvalue weighted by molar-refractivity contribution is 6.10. The summed E-state index contributed by atoms with van der Waals surface area (Å²) in [7, 11) is 1.34. The van der Waals surface area contributed by atoms with Crippen LogP contribution in [0.3, 0.4) is 0 Å². The van der Waals surface area contributed by atoms with Crippen molar-refractivity contribution in [1.29, 1.82) is 0 Å². The molecule has 3 rings (SSSR count). The van der Waals surface area contributed by atoms with Crippen molar-refractivity contribution in [1.82, 2.24) is 0 Å². The van der Waals surface area contributed by atoms with Gasteiger partial charge in [0.1, 0.15) is 5.75 Å². The number of hydrogen-bond donors (Lipinski definition) is 0. The third kappa shape index (κ3) is 7.57. The average molecular weight is 496 g/mol. The van der Waals surface area contributed by atoms with E-state index < -0.39 is 5.97 Å². The number of methoxy groups -OCH3 is 1. The van der Waals surface area contributed by atoms with Crippen LogP contribution in [-0.4, -0.2) is 38.2 Å². The SMILES string of the molecule is CCOC(=O)CCCCCCCCCCOc1cccc2c1CN(c1ccc(C(=O)OC)cc1)C2=O. The maximum atomic E-state index is 13.0. The number of carbonyl (C=O) groups excluding carboxylic acids is 3. The van der Waals surface area contributed by atoms with Gasteiger partial charge in [0.2, 0.25) is 0 Å².